The van der Waals surface area contributed by atoms with Crippen LogP contribution in [-0.4, -0.2) is 14.5 Å². The lowest BCUT2D eigenvalue weighted by Gasteiger charge is -2.14. The monoisotopic (exact) mass is 271 g/mol. The molecule has 0 aliphatic carbocycles. The first-order chi connectivity index (χ1) is 9.18. The highest BCUT2D eigenvalue weighted by Crippen LogP contribution is 2.21. The van der Waals surface area contributed by atoms with Crippen molar-refractivity contribution in [3.05, 3.63) is 57.7 Å². The van der Waals surface area contributed by atoms with Gasteiger partial charge in [-0.15, -0.1) is 11.3 Å². The second kappa shape index (κ2) is 4.59. The molecule has 0 saturated heterocycles. The number of aromatic nitrogens is 3. The first-order valence-corrected chi connectivity index (χ1v) is 6.91. The van der Waals surface area contributed by atoms with Gasteiger partial charge in [-0.2, -0.15) is 0 Å². The molecule has 0 N–H and O–H groups in total. The summed E-state index contributed by atoms with van der Waals surface area (Å²) in [7, 11) is 0. The van der Waals surface area contributed by atoms with Gasteiger partial charge in [0.25, 0.3) is 5.56 Å². The summed E-state index contributed by atoms with van der Waals surface area (Å²) in [6.45, 7) is 3.95. The minimum atomic E-state index is -0.0690. The van der Waals surface area contributed by atoms with Crippen molar-refractivity contribution in [2.24, 2.45) is 0 Å². The van der Waals surface area contributed by atoms with Crippen molar-refractivity contribution in [3.8, 4) is 0 Å². The standard InChI is InChI=1S/C14H13N3OS/c1-9-7-19-13-12(9)16-8-17(14(13)18)10(2)11-4-3-5-15-6-11/h3-8,10H,1-2H3/t10-/m1/s1. The van der Waals surface area contributed by atoms with Gasteiger partial charge in [-0.3, -0.25) is 14.3 Å². The Balaban J connectivity index is 2.16. The second-order valence-corrected chi connectivity index (χ2v) is 5.40. The van der Waals surface area contributed by atoms with Crippen molar-refractivity contribution >= 4 is 21.6 Å². The Morgan fingerprint density at radius 1 is 1.42 bits per heavy atom. The van der Waals surface area contributed by atoms with Gasteiger partial charge >= 0.3 is 0 Å². The summed E-state index contributed by atoms with van der Waals surface area (Å²) in [5, 5.41) is 1.97. The molecule has 3 heterocycles. The number of fused-ring (bicyclic) bond motifs is 1. The Morgan fingerprint density at radius 3 is 3.00 bits per heavy atom. The van der Waals surface area contributed by atoms with Crippen LogP contribution >= 0.6 is 11.3 Å². The summed E-state index contributed by atoms with van der Waals surface area (Å²) in [5.74, 6) is 0. The molecule has 19 heavy (non-hydrogen) atoms. The zero-order valence-electron chi connectivity index (χ0n) is 10.7. The van der Waals surface area contributed by atoms with E-state index in [0.29, 0.717) is 0 Å². The Bertz CT molecular complexity index is 776. The number of nitrogens with zero attached hydrogens (tertiary/aromatic N) is 3. The average molecular weight is 271 g/mol. The van der Waals surface area contributed by atoms with Crippen LogP contribution in [0.4, 0.5) is 0 Å². The summed E-state index contributed by atoms with van der Waals surface area (Å²) >= 11 is 1.46. The van der Waals surface area contributed by atoms with Gasteiger partial charge < -0.3 is 0 Å². The van der Waals surface area contributed by atoms with E-state index in [1.165, 1.54) is 11.3 Å². The molecule has 0 fully saturated rings. The number of rotatable bonds is 2. The highest BCUT2D eigenvalue weighted by atomic mass is 32.1. The van der Waals surface area contributed by atoms with E-state index in [1.54, 1.807) is 23.3 Å². The van der Waals surface area contributed by atoms with Crippen LogP contribution < -0.4 is 5.56 Å². The first-order valence-electron chi connectivity index (χ1n) is 6.03. The predicted octanol–water partition coefficient (Wildman–Crippen LogP) is 2.77. The maximum atomic E-state index is 12.5. The molecule has 0 amide bonds. The summed E-state index contributed by atoms with van der Waals surface area (Å²) in [6.07, 6.45) is 5.13. The lowest BCUT2D eigenvalue weighted by Crippen LogP contribution is -2.23. The third kappa shape index (κ3) is 1.96. The average Bonchev–Trinajstić information content (AvgIpc) is 2.82. The highest BCUT2D eigenvalue weighted by Gasteiger charge is 2.13. The van der Waals surface area contributed by atoms with E-state index in [4.69, 9.17) is 0 Å². The Hall–Kier alpha value is -2.01. The SMILES string of the molecule is Cc1csc2c(=O)n([C@H](C)c3cccnc3)cnc12. The summed E-state index contributed by atoms with van der Waals surface area (Å²) in [5.41, 5.74) is 2.88. The Morgan fingerprint density at radius 2 is 2.26 bits per heavy atom. The van der Waals surface area contributed by atoms with E-state index in [9.17, 15) is 4.79 Å². The van der Waals surface area contributed by atoms with Crippen LogP contribution in [0, 0.1) is 6.92 Å². The second-order valence-electron chi connectivity index (χ2n) is 4.52. The van der Waals surface area contributed by atoms with Crippen LogP contribution in [0.5, 0.6) is 0 Å². The fraction of sp³-hybridized carbons (Fsp3) is 0.214. The smallest absolute Gasteiger partial charge is 0.271 e. The molecular weight excluding hydrogens is 258 g/mol. The van der Waals surface area contributed by atoms with Crippen molar-refractivity contribution in [3.63, 3.8) is 0 Å². The third-order valence-corrected chi connectivity index (χ3v) is 4.34. The number of aryl methyl sites for hydroxylation is 1. The molecule has 0 aliphatic rings. The van der Waals surface area contributed by atoms with Crippen molar-refractivity contribution in [2.45, 2.75) is 19.9 Å². The number of hydrogen-bond donors (Lipinski definition) is 0. The molecule has 1 atom stereocenters. The van der Waals surface area contributed by atoms with Gasteiger partial charge in [0.15, 0.2) is 0 Å². The van der Waals surface area contributed by atoms with Gasteiger partial charge in [0.05, 0.1) is 17.9 Å². The lowest BCUT2D eigenvalue weighted by atomic mass is 10.1. The molecule has 0 spiro atoms. The minimum absolute atomic E-state index is 0.0134. The topological polar surface area (TPSA) is 47.8 Å². The van der Waals surface area contributed by atoms with E-state index in [-0.39, 0.29) is 11.6 Å². The van der Waals surface area contributed by atoms with Crippen molar-refractivity contribution in [2.75, 3.05) is 0 Å². The van der Waals surface area contributed by atoms with Gasteiger partial charge in [-0.05, 0) is 36.4 Å². The molecule has 0 saturated carbocycles. The molecule has 5 heteroatoms. The molecule has 96 valence electrons. The molecule has 3 rings (SSSR count). The fourth-order valence-corrected chi connectivity index (χ4v) is 3.04. The van der Waals surface area contributed by atoms with Gasteiger partial charge in [0, 0.05) is 12.4 Å². The summed E-state index contributed by atoms with van der Waals surface area (Å²) in [6, 6.07) is 3.77. The maximum absolute atomic E-state index is 12.5. The van der Waals surface area contributed by atoms with Crippen LogP contribution in [0.25, 0.3) is 10.2 Å². The molecule has 0 radical (unpaired) electrons. The largest absolute Gasteiger partial charge is 0.291 e. The van der Waals surface area contributed by atoms with E-state index >= 15 is 0 Å². The molecule has 0 unspecified atom stereocenters. The zero-order chi connectivity index (χ0) is 13.4. The highest BCUT2D eigenvalue weighted by molar-refractivity contribution is 7.17. The molecule has 3 aromatic rings. The van der Waals surface area contributed by atoms with Crippen molar-refractivity contribution < 1.29 is 0 Å². The van der Waals surface area contributed by atoms with E-state index in [0.717, 1.165) is 21.3 Å². The number of hydrogen-bond acceptors (Lipinski definition) is 4. The van der Waals surface area contributed by atoms with Crippen LogP contribution in [0.1, 0.15) is 24.1 Å². The van der Waals surface area contributed by atoms with Gasteiger partial charge in [0.1, 0.15) is 4.70 Å². The van der Waals surface area contributed by atoms with E-state index < -0.39 is 0 Å². The van der Waals surface area contributed by atoms with E-state index in [1.807, 2.05) is 31.4 Å². The number of pyridine rings is 1. The van der Waals surface area contributed by atoms with Gasteiger partial charge in [0.2, 0.25) is 0 Å². The maximum Gasteiger partial charge on any atom is 0.271 e. The summed E-state index contributed by atoms with van der Waals surface area (Å²) < 4.78 is 2.38. The Labute approximate surface area is 114 Å². The van der Waals surface area contributed by atoms with E-state index in [2.05, 4.69) is 9.97 Å². The third-order valence-electron chi connectivity index (χ3n) is 3.27. The van der Waals surface area contributed by atoms with Gasteiger partial charge in [-0.1, -0.05) is 6.07 Å². The van der Waals surface area contributed by atoms with Crippen molar-refractivity contribution in [1.29, 1.82) is 0 Å². The molecule has 0 bridgehead atoms. The van der Waals surface area contributed by atoms with Crippen LogP contribution in [0.2, 0.25) is 0 Å². The molecule has 0 aliphatic heterocycles. The molecular formula is C14H13N3OS. The molecule has 3 aromatic heterocycles. The molecule has 4 nitrogen and oxygen atoms in total. The predicted molar refractivity (Wildman–Crippen MR) is 76.7 cm³/mol. The van der Waals surface area contributed by atoms with Crippen LogP contribution in [0.3, 0.4) is 0 Å². The molecule has 0 aromatic carbocycles. The van der Waals surface area contributed by atoms with Crippen LogP contribution in [-0.2, 0) is 0 Å². The van der Waals surface area contributed by atoms with Crippen LogP contribution in [0.15, 0.2) is 41.0 Å². The lowest BCUT2D eigenvalue weighted by molar-refractivity contribution is 0.607. The quantitative estimate of drug-likeness (QED) is 0.720. The van der Waals surface area contributed by atoms with Gasteiger partial charge in [-0.25, -0.2) is 4.98 Å². The first kappa shape index (κ1) is 12.0. The zero-order valence-corrected chi connectivity index (χ0v) is 11.5. The fourth-order valence-electron chi connectivity index (χ4n) is 2.10. The Kier molecular flexibility index (Phi) is 2.91. The minimum Gasteiger partial charge on any atom is -0.291 e. The summed E-state index contributed by atoms with van der Waals surface area (Å²) in [4.78, 5) is 21.0. The number of thiophene rings is 1. The van der Waals surface area contributed by atoms with Crippen molar-refractivity contribution in [1.82, 2.24) is 14.5 Å². The normalized spacial score (nSPS) is 12.7.